The van der Waals surface area contributed by atoms with Gasteiger partial charge in [-0.05, 0) is 19.3 Å². The van der Waals surface area contributed by atoms with Crippen molar-refractivity contribution in [2.24, 2.45) is 0 Å². The number of anilines is 1. The summed E-state index contributed by atoms with van der Waals surface area (Å²) in [4.78, 5) is 11.4. The summed E-state index contributed by atoms with van der Waals surface area (Å²) >= 11 is 0. The third kappa shape index (κ3) is 2.40. The fourth-order valence-electron chi connectivity index (χ4n) is 3.29. The van der Waals surface area contributed by atoms with E-state index in [2.05, 4.69) is 28.7 Å². The number of hydrogen-bond acceptors (Lipinski definition) is 5. The second-order valence-corrected chi connectivity index (χ2v) is 5.97. The Balaban J connectivity index is 1.92. The maximum atomic E-state index is 9.65. The van der Waals surface area contributed by atoms with Crippen molar-refractivity contribution < 1.29 is 9.84 Å². The average molecular weight is 277 g/mol. The number of ether oxygens (including phenoxy) is 1. The largest absolute Gasteiger partial charge is 0.390 e. The third-order valence-electron chi connectivity index (χ3n) is 4.32. The van der Waals surface area contributed by atoms with Crippen molar-refractivity contribution in [2.75, 3.05) is 18.1 Å². The summed E-state index contributed by atoms with van der Waals surface area (Å²) in [5, 5.41) is 9.65. The zero-order chi connectivity index (χ0) is 14.1. The summed E-state index contributed by atoms with van der Waals surface area (Å²) in [7, 11) is 0. The smallest absolute Gasteiger partial charge is 0.131 e. The molecule has 1 saturated heterocycles. The SMILES string of the molecule is CC(C)c1ncc(N2CCOC3CCCC32)c(CO)n1. The van der Waals surface area contributed by atoms with E-state index in [-0.39, 0.29) is 12.5 Å². The first-order valence-corrected chi connectivity index (χ1v) is 7.55. The van der Waals surface area contributed by atoms with Gasteiger partial charge in [-0.2, -0.15) is 0 Å². The number of aromatic nitrogens is 2. The van der Waals surface area contributed by atoms with Crippen LogP contribution in [0.1, 0.15) is 50.5 Å². The van der Waals surface area contributed by atoms with Gasteiger partial charge in [-0.1, -0.05) is 13.8 Å². The fourth-order valence-corrected chi connectivity index (χ4v) is 3.29. The molecular formula is C15H23N3O2. The lowest BCUT2D eigenvalue weighted by molar-refractivity contribution is 0.0254. The lowest BCUT2D eigenvalue weighted by Crippen LogP contribution is -2.49. The van der Waals surface area contributed by atoms with Crippen molar-refractivity contribution in [2.45, 2.75) is 57.8 Å². The van der Waals surface area contributed by atoms with E-state index in [9.17, 15) is 5.11 Å². The van der Waals surface area contributed by atoms with Gasteiger partial charge < -0.3 is 14.7 Å². The van der Waals surface area contributed by atoms with Crippen LogP contribution < -0.4 is 4.90 Å². The van der Waals surface area contributed by atoms with E-state index in [0.29, 0.717) is 12.1 Å². The van der Waals surface area contributed by atoms with E-state index in [1.165, 1.54) is 6.42 Å². The molecule has 0 bridgehead atoms. The second kappa shape index (κ2) is 5.66. The zero-order valence-corrected chi connectivity index (χ0v) is 12.2. The normalized spacial score (nSPS) is 26.1. The fraction of sp³-hybridized carbons (Fsp3) is 0.733. The van der Waals surface area contributed by atoms with E-state index < -0.39 is 0 Å². The van der Waals surface area contributed by atoms with Gasteiger partial charge in [0.2, 0.25) is 0 Å². The minimum absolute atomic E-state index is 0.0354. The molecule has 1 aliphatic heterocycles. The van der Waals surface area contributed by atoms with E-state index >= 15 is 0 Å². The number of aliphatic hydroxyl groups is 1. The first-order valence-electron chi connectivity index (χ1n) is 7.55. The summed E-state index contributed by atoms with van der Waals surface area (Å²) in [6, 6.07) is 0.419. The van der Waals surface area contributed by atoms with Crippen LogP contribution in [0.4, 0.5) is 5.69 Å². The molecule has 0 spiro atoms. The Morgan fingerprint density at radius 3 is 3.05 bits per heavy atom. The molecule has 1 aromatic heterocycles. The van der Waals surface area contributed by atoms with Crippen LogP contribution in [0.25, 0.3) is 0 Å². The van der Waals surface area contributed by atoms with Crippen molar-refractivity contribution in [3.8, 4) is 0 Å². The van der Waals surface area contributed by atoms with Crippen LogP contribution in [0, 0.1) is 0 Å². The van der Waals surface area contributed by atoms with Crippen molar-refractivity contribution in [3.63, 3.8) is 0 Å². The highest BCUT2D eigenvalue weighted by atomic mass is 16.5. The van der Waals surface area contributed by atoms with Crippen LogP contribution >= 0.6 is 0 Å². The van der Waals surface area contributed by atoms with Crippen LogP contribution in [0.5, 0.6) is 0 Å². The number of fused-ring (bicyclic) bond motifs is 1. The molecule has 0 radical (unpaired) electrons. The van der Waals surface area contributed by atoms with Gasteiger partial charge in [0.05, 0.1) is 42.9 Å². The molecule has 2 unspecified atom stereocenters. The topological polar surface area (TPSA) is 58.5 Å². The monoisotopic (exact) mass is 277 g/mol. The molecular weight excluding hydrogens is 254 g/mol. The molecule has 2 heterocycles. The van der Waals surface area contributed by atoms with Crippen molar-refractivity contribution >= 4 is 5.69 Å². The number of rotatable bonds is 3. The van der Waals surface area contributed by atoms with E-state index in [1.807, 2.05) is 6.20 Å². The first-order chi connectivity index (χ1) is 9.70. The molecule has 5 heteroatoms. The number of nitrogens with zero attached hydrogens (tertiary/aromatic N) is 3. The lowest BCUT2D eigenvalue weighted by Gasteiger charge is -2.39. The Morgan fingerprint density at radius 2 is 2.30 bits per heavy atom. The molecule has 1 saturated carbocycles. The maximum absolute atomic E-state index is 9.65. The third-order valence-corrected chi connectivity index (χ3v) is 4.32. The molecule has 20 heavy (non-hydrogen) atoms. The van der Waals surface area contributed by atoms with Gasteiger partial charge in [0.15, 0.2) is 0 Å². The minimum atomic E-state index is -0.0354. The Hall–Kier alpha value is -1.20. The van der Waals surface area contributed by atoms with Crippen LogP contribution in [-0.4, -0.2) is 40.4 Å². The van der Waals surface area contributed by atoms with Crippen LogP contribution in [0.2, 0.25) is 0 Å². The Bertz CT molecular complexity index is 478. The molecule has 110 valence electrons. The Morgan fingerprint density at radius 1 is 1.45 bits per heavy atom. The highest BCUT2D eigenvalue weighted by Crippen LogP contribution is 2.34. The predicted octanol–water partition coefficient (Wildman–Crippen LogP) is 1.85. The molecule has 1 aromatic rings. The van der Waals surface area contributed by atoms with E-state index in [1.54, 1.807) is 0 Å². The van der Waals surface area contributed by atoms with Crippen LogP contribution in [0.3, 0.4) is 0 Å². The standard InChI is InChI=1S/C15H23N3O2/c1-10(2)15-16-8-13(11(9-19)17-15)18-6-7-20-14-5-3-4-12(14)18/h8,10,12,14,19H,3-7,9H2,1-2H3. The minimum Gasteiger partial charge on any atom is -0.390 e. The number of hydrogen-bond donors (Lipinski definition) is 1. The van der Waals surface area contributed by atoms with Gasteiger partial charge in [0.1, 0.15) is 5.82 Å². The Kier molecular flexibility index (Phi) is 3.89. The second-order valence-electron chi connectivity index (χ2n) is 5.97. The molecule has 2 aliphatic rings. The first kappa shape index (κ1) is 13.8. The van der Waals surface area contributed by atoms with Crippen molar-refractivity contribution in [1.29, 1.82) is 0 Å². The van der Waals surface area contributed by atoms with Gasteiger partial charge in [-0.15, -0.1) is 0 Å². The van der Waals surface area contributed by atoms with Gasteiger partial charge >= 0.3 is 0 Å². The molecule has 5 nitrogen and oxygen atoms in total. The molecule has 0 amide bonds. The zero-order valence-electron chi connectivity index (χ0n) is 12.2. The maximum Gasteiger partial charge on any atom is 0.131 e. The van der Waals surface area contributed by atoms with E-state index in [0.717, 1.165) is 43.2 Å². The van der Waals surface area contributed by atoms with Gasteiger partial charge in [0, 0.05) is 12.5 Å². The Labute approximate surface area is 120 Å². The van der Waals surface area contributed by atoms with Crippen molar-refractivity contribution in [1.82, 2.24) is 9.97 Å². The summed E-state index contributed by atoms with van der Waals surface area (Å²) in [5.41, 5.74) is 1.73. The molecule has 2 fully saturated rings. The van der Waals surface area contributed by atoms with Crippen LogP contribution in [-0.2, 0) is 11.3 Å². The summed E-state index contributed by atoms with van der Waals surface area (Å²) in [6.07, 6.45) is 5.72. The van der Waals surface area contributed by atoms with Gasteiger partial charge in [-0.3, -0.25) is 0 Å². The van der Waals surface area contributed by atoms with Gasteiger partial charge in [-0.25, -0.2) is 9.97 Å². The molecule has 3 rings (SSSR count). The summed E-state index contributed by atoms with van der Waals surface area (Å²) in [5.74, 6) is 1.08. The predicted molar refractivity (Wildman–Crippen MR) is 76.8 cm³/mol. The summed E-state index contributed by atoms with van der Waals surface area (Å²) < 4.78 is 5.84. The summed E-state index contributed by atoms with van der Waals surface area (Å²) in [6.45, 7) is 5.71. The highest BCUT2D eigenvalue weighted by molar-refractivity contribution is 5.51. The number of aliphatic hydroxyl groups excluding tert-OH is 1. The lowest BCUT2D eigenvalue weighted by atomic mass is 10.1. The molecule has 2 atom stereocenters. The molecule has 1 aliphatic carbocycles. The highest BCUT2D eigenvalue weighted by Gasteiger charge is 2.37. The average Bonchev–Trinajstić information content (AvgIpc) is 2.94. The molecule has 0 aromatic carbocycles. The molecule has 1 N–H and O–H groups in total. The van der Waals surface area contributed by atoms with Crippen LogP contribution in [0.15, 0.2) is 6.20 Å². The quantitative estimate of drug-likeness (QED) is 0.913. The number of morpholine rings is 1. The van der Waals surface area contributed by atoms with Crippen molar-refractivity contribution in [3.05, 3.63) is 17.7 Å². The van der Waals surface area contributed by atoms with Gasteiger partial charge in [0.25, 0.3) is 0 Å². The van der Waals surface area contributed by atoms with E-state index in [4.69, 9.17) is 4.74 Å².